The summed E-state index contributed by atoms with van der Waals surface area (Å²) in [4.78, 5) is 14.2. The van der Waals surface area contributed by atoms with Crippen LogP contribution in [-0.4, -0.2) is 46.9 Å². The standard InChI is InChI=1S/C15H16ClN3O3/c16-13-9-17-19(10-13)11-22-14-3-1-2-12(8-14)15(20)18-4-6-21-7-5-18/h1-3,8-10H,4-7,11H2. The fraction of sp³-hybridized carbons (Fsp3) is 0.333. The maximum absolute atomic E-state index is 12.4. The molecule has 2 heterocycles. The summed E-state index contributed by atoms with van der Waals surface area (Å²) in [6.07, 6.45) is 3.22. The van der Waals surface area contributed by atoms with Gasteiger partial charge in [0.15, 0.2) is 6.73 Å². The van der Waals surface area contributed by atoms with Crippen LogP contribution in [-0.2, 0) is 11.5 Å². The van der Waals surface area contributed by atoms with Crippen molar-refractivity contribution in [3.63, 3.8) is 0 Å². The van der Waals surface area contributed by atoms with Crippen molar-refractivity contribution in [1.82, 2.24) is 14.7 Å². The van der Waals surface area contributed by atoms with Crippen LogP contribution in [0.4, 0.5) is 0 Å². The highest BCUT2D eigenvalue weighted by molar-refractivity contribution is 6.30. The van der Waals surface area contributed by atoms with E-state index in [1.165, 1.54) is 0 Å². The molecule has 7 heteroatoms. The van der Waals surface area contributed by atoms with Gasteiger partial charge in [-0.3, -0.25) is 4.79 Å². The molecule has 1 aromatic carbocycles. The van der Waals surface area contributed by atoms with E-state index in [0.717, 1.165) is 0 Å². The highest BCUT2D eigenvalue weighted by atomic mass is 35.5. The smallest absolute Gasteiger partial charge is 0.254 e. The normalized spacial score (nSPS) is 14.9. The molecule has 0 bridgehead atoms. The molecule has 1 aromatic heterocycles. The van der Waals surface area contributed by atoms with Crippen molar-refractivity contribution in [1.29, 1.82) is 0 Å². The Balaban J connectivity index is 1.65. The third kappa shape index (κ3) is 3.58. The van der Waals surface area contributed by atoms with E-state index in [1.807, 2.05) is 0 Å². The number of halogens is 1. The van der Waals surface area contributed by atoms with Gasteiger partial charge in [-0.15, -0.1) is 0 Å². The second-order valence-electron chi connectivity index (χ2n) is 4.90. The second kappa shape index (κ2) is 6.81. The molecule has 1 aliphatic heterocycles. The van der Waals surface area contributed by atoms with E-state index in [1.54, 1.807) is 46.2 Å². The van der Waals surface area contributed by atoms with Crippen LogP contribution in [0.5, 0.6) is 5.75 Å². The molecule has 0 spiro atoms. The maximum atomic E-state index is 12.4. The highest BCUT2D eigenvalue weighted by Crippen LogP contribution is 2.16. The van der Waals surface area contributed by atoms with E-state index in [2.05, 4.69) is 5.10 Å². The summed E-state index contributed by atoms with van der Waals surface area (Å²) < 4.78 is 12.5. The maximum Gasteiger partial charge on any atom is 0.254 e. The van der Waals surface area contributed by atoms with Crippen molar-refractivity contribution >= 4 is 17.5 Å². The first-order valence-electron chi connectivity index (χ1n) is 7.00. The zero-order chi connectivity index (χ0) is 15.4. The number of benzene rings is 1. The summed E-state index contributed by atoms with van der Waals surface area (Å²) in [6, 6.07) is 7.14. The molecule has 1 saturated heterocycles. The zero-order valence-corrected chi connectivity index (χ0v) is 12.7. The largest absolute Gasteiger partial charge is 0.471 e. The van der Waals surface area contributed by atoms with Crippen LogP contribution >= 0.6 is 11.6 Å². The Morgan fingerprint density at radius 1 is 1.36 bits per heavy atom. The van der Waals surface area contributed by atoms with Crippen LogP contribution in [0.25, 0.3) is 0 Å². The Hall–Kier alpha value is -2.05. The Kier molecular flexibility index (Phi) is 4.60. The molecule has 1 amide bonds. The lowest BCUT2D eigenvalue weighted by Gasteiger charge is -2.26. The highest BCUT2D eigenvalue weighted by Gasteiger charge is 2.18. The van der Waals surface area contributed by atoms with Gasteiger partial charge in [-0.2, -0.15) is 5.10 Å². The van der Waals surface area contributed by atoms with Crippen molar-refractivity contribution in [2.45, 2.75) is 6.73 Å². The SMILES string of the molecule is O=C(c1cccc(OCn2cc(Cl)cn2)c1)N1CCOCC1. The van der Waals surface area contributed by atoms with Crippen LogP contribution < -0.4 is 4.74 Å². The monoisotopic (exact) mass is 321 g/mol. The van der Waals surface area contributed by atoms with Gasteiger partial charge < -0.3 is 14.4 Å². The lowest BCUT2D eigenvalue weighted by Crippen LogP contribution is -2.40. The van der Waals surface area contributed by atoms with Crippen LogP contribution in [0.15, 0.2) is 36.7 Å². The van der Waals surface area contributed by atoms with E-state index >= 15 is 0 Å². The van der Waals surface area contributed by atoms with E-state index < -0.39 is 0 Å². The molecule has 116 valence electrons. The predicted molar refractivity (Wildman–Crippen MR) is 81.0 cm³/mol. The van der Waals surface area contributed by atoms with Gasteiger partial charge in [0.1, 0.15) is 5.75 Å². The number of amides is 1. The quantitative estimate of drug-likeness (QED) is 0.865. The third-order valence-corrected chi connectivity index (χ3v) is 3.54. The molecule has 0 N–H and O–H groups in total. The minimum atomic E-state index is -0.00381. The van der Waals surface area contributed by atoms with E-state index in [-0.39, 0.29) is 12.6 Å². The summed E-state index contributed by atoms with van der Waals surface area (Å²) in [5, 5.41) is 4.59. The van der Waals surface area contributed by atoms with Crippen molar-refractivity contribution < 1.29 is 14.3 Å². The first-order chi connectivity index (χ1) is 10.7. The average Bonchev–Trinajstić information content (AvgIpc) is 2.99. The number of morpholine rings is 1. The van der Waals surface area contributed by atoms with Crippen molar-refractivity contribution in [2.75, 3.05) is 26.3 Å². The topological polar surface area (TPSA) is 56.6 Å². The van der Waals surface area contributed by atoms with Crippen LogP contribution in [0, 0.1) is 0 Å². The summed E-state index contributed by atoms with van der Waals surface area (Å²) in [6.45, 7) is 2.65. The summed E-state index contributed by atoms with van der Waals surface area (Å²) in [5.41, 5.74) is 0.609. The van der Waals surface area contributed by atoms with Gasteiger partial charge in [-0.05, 0) is 18.2 Å². The summed E-state index contributed by atoms with van der Waals surface area (Å²) in [5.74, 6) is 0.613. The minimum absolute atomic E-state index is 0.00381. The van der Waals surface area contributed by atoms with E-state index in [0.29, 0.717) is 42.6 Å². The molecule has 6 nitrogen and oxygen atoms in total. The van der Waals surface area contributed by atoms with Crippen LogP contribution in [0.1, 0.15) is 10.4 Å². The molecule has 0 unspecified atom stereocenters. The molecule has 0 aliphatic carbocycles. The lowest BCUT2D eigenvalue weighted by molar-refractivity contribution is 0.0302. The average molecular weight is 322 g/mol. The van der Waals surface area contributed by atoms with E-state index in [9.17, 15) is 4.79 Å². The van der Waals surface area contributed by atoms with Crippen molar-refractivity contribution in [3.8, 4) is 5.75 Å². The fourth-order valence-corrected chi connectivity index (χ4v) is 2.37. The summed E-state index contributed by atoms with van der Waals surface area (Å²) in [7, 11) is 0. The molecule has 0 atom stereocenters. The van der Waals surface area contributed by atoms with Gasteiger partial charge in [-0.25, -0.2) is 4.68 Å². The molecule has 3 rings (SSSR count). The first kappa shape index (κ1) is 14.9. The number of nitrogens with zero attached hydrogens (tertiary/aromatic N) is 3. The molecule has 0 radical (unpaired) electrons. The van der Waals surface area contributed by atoms with Gasteiger partial charge in [0.05, 0.1) is 24.4 Å². The number of hydrogen-bond acceptors (Lipinski definition) is 4. The van der Waals surface area contributed by atoms with Gasteiger partial charge >= 0.3 is 0 Å². The molecule has 0 saturated carbocycles. The second-order valence-corrected chi connectivity index (χ2v) is 5.34. The molecular weight excluding hydrogens is 306 g/mol. The Labute approximate surface area is 133 Å². The van der Waals surface area contributed by atoms with E-state index in [4.69, 9.17) is 21.1 Å². The molecule has 1 aliphatic rings. The number of carbonyl (C=O) groups is 1. The number of rotatable bonds is 4. The van der Waals surface area contributed by atoms with Gasteiger partial charge in [-0.1, -0.05) is 17.7 Å². The van der Waals surface area contributed by atoms with Gasteiger partial charge in [0, 0.05) is 24.8 Å². The zero-order valence-electron chi connectivity index (χ0n) is 11.9. The number of hydrogen-bond donors (Lipinski definition) is 0. The number of aromatic nitrogens is 2. The minimum Gasteiger partial charge on any atom is -0.471 e. The molecular formula is C15H16ClN3O3. The molecule has 2 aromatic rings. The molecule has 22 heavy (non-hydrogen) atoms. The Morgan fingerprint density at radius 3 is 2.91 bits per heavy atom. The van der Waals surface area contributed by atoms with Crippen molar-refractivity contribution in [3.05, 3.63) is 47.2 Å². The number of ether oxygens (including phenoxy) is 2. The molecule has 1 fully saturated rings. The predicted octanol–water partition coefficient (Wildman–Crippen LogP) is 2.05. The Bertz CT molecular complexity index is 653. The van der Waals surface area contributed by atoms with Gasteiger partial charge in [0.2, 0.25) is 0 Å². The lowest BCUT2D eigenvalue weighted by atomic mass is 10.2. The third-order valence-electron chi connectivity index (χ3n) is 3.34. The first-order valence-corrected chi connectivity index (χ1v) is 7.38. The Morgan fingerprint density at radius 2 is 2.18 bits per heavy atom. The summed E-state index contributed by atoms with van der Waals surface area (Å²) >= 11 is 5.80. The number of carbonyl (C=O) groups excluding carboxylic acids is 1. The van der Waals surface area contributed by atoms with Gasteiger partial charge in [0.25, 0.3) is 5.91 Å². The fourth-order valence-electron chi connectivity index (χ4n) is 2.22. The van der Waals surface area contributed by atoms with Crippen LogP contribution in [0.2, 0.25) is 5.02 Å². The van der Waals surface area contributed by atoms with Crippen molar-refractivity contribution in [2.24, 2.45) is 0 Å². The van der Waals surface area contributed by atoms with Crippen LogP contribution in [0.3, 0.4) is 0 Å².